The van der Waals surface area contributed by atoms with Crippen LogP contribution in [0.25, 0.3) is 0 Å². The lowest BCUT2D eigenvalue weighted by atomic mass is 10.1. The molecule has 0 fully saturated rings. The van der Waals surface area contributed by atoms with Gasteiger partial charge in [-0.1, -0.05) is 52.3 Å². The van der Waals surface area contributed by atoms with Gasteiger partial charge in [0.15, 0.2) is 6.04 Å². The fourth-order valence-electron chi connectivity index (χ4n) is 1.98. The lowest BCUT2D eigenvalue weighted by Gasteiger charge is -2.20. The Hall–Kier alpha value is -1.81. The number of hydrogen-bond donors (Lipinski definition) is 1. The van der Waals surface area contributed by atoms with Crippen molar-refractivity contribution in [3.05, 3.63) is 64.1 Å². The molecule has 2 aromatic carbocycles. The number of anilines is 1. The number of halogens is 1. The highest BCUT2D eigenvalue weighted by atomic mass is 79.9. The van der Waals surface area contributed by atoms with E-state index in [1.54, 1.807) is 0 Å². The number of rotatable bonds is 4. The molecule has 1 N–H and O–H groups in total. The zero-order chi connectivity index (χ0) is 14.5. The van der Waals surface area contributed by atoms with Gasteiger partial charge in [0.25, 0.3) is 0 Å². The summed E-state index contributed by atoms with van der Waals surface area (Å²) in [5.74, 6) is -0.319. The van der Waals surface area contributed by atoms with Crippen LogP contribution >= 0.6 is 15.9 Å². The van der Waals surface area contributed by atoms with Crippen LogP contribution < -0.4 is 5.32 Å². The minimum Gasteiger partial charge on any atom is -0.467 e. The van der Waals surface area contributed by atoms with Crippen LogP contribution in [0.15, 0.2) is 53.0 Å². The van der Waals surface area contributed by atoms with Crippen LogP contribution in [0.4, 0.5) is 5.69 Å². The number of carbonyl (C=O) groups excluding carboxylic acids is 1. The van der Waals surface area contributed by atoms with Crippen molar-refractivity contribution in [2.45, 2.75) is 13.0 Å². The van der Waals surface area contributed by atoms with Gasteiger partial charge in [0.1, 0.15) is 0 Å². The van der Waals surface area contributed by atoms with Gasteiger partial charge in [0, 0.05) is 10.2 Å². The highest BCUT2D eigenvalue weighted by molar-refractivity contribution is 9.10. The molecule has 0 radical (unpaired) electrons. The topological polar surface area (TPSA) is 38.3 Å². The number of esters is 1. The average Bonchev–Trinajstić information content (AvgIpc) is 2.47. The minimum absolute atomic E-state index is 0.319. The highest BCUT2D eigenvalue weighted by Gasteiger charge is 2.23. The second-order valence-electron chi connectivity index (χ2n) is 4.44. The Morgan fingerprint density at radius 1 is 1.15 bits per heavy atom. The monoisotopic (exact) mass is 333 g/mol. The summed E-state index contributed by atoms with van der Waals surface area (Å²) in [7, 11) is 1.39. The van der Waals surface area contributed by atoms with Gasteiger partial charge in [0.05, 0.1) is 7.11 Å². The number of methoxy groups -OCH3 is 1. The van der Waals surface area contributed by atoms with Gasteiger partial charge < -0.3 is 10.1 Å². The Balaban J connectivity index is 2.37. The number of nitrogens with one attached hydrogen (secondary N) is 1. The SMILES string of the molecule is COC(=O)C(Nc1ccccc1C)c1ccccc1Br. The quantitative estimate of drug-likeness (QED) is 0.856. The van der Waals surface area contributed by atoms with E-state index >= 15 is 0 Å². The molecule has 0 aliphatic rings. The summed E-state index contributed by atoms with van der Waals surface area (Å²) in [4.78, 5) is 12.1. The van der Waals surface area contributed by atoms with E-state index in [1.165, 1.54) is 7.11 Å². The van der Waals surface area contributed by atoms with Crippen LogP contribution in [0, 0.1) is 6.92 Å². The summed E-state index contributed by atoms with van der Waals surface area (Å²) < 4.78 is 5.78. The molecule has 0 aliphatic carbocycles. The normalized spacial score (nSPS) is 11.8. The average molecular weight is 334 g/mol. The second-order valence-corrected chi connectivity index (χ2v) is 5.29. The molecule has 20 heavy (non-hydrogen) atoms. The Kier molecular flexibility index (Phi) is 4.79. The zero-order valence-electron chi connectivity index (χ0n) is 11.4. The van der Waals surface area contributed by atoms with Gasteiger partial charge in [-0.2, -0.15) is 0 Å². The van der Waals surface area contributed by atoms with Crippen molar-refractivity contribution in [1.29, 1.82) is 0 Å². The minimum atomic E-state index is -0.545. The first kappa shape index (κ1) is 14.6. The maximum atomic E-state index is 12.1. The number of para-hydroxylation sites is 1. The van der Waals surface area contributed by atoms with Crippen LogP contribution in [0.5, 0.6) is 0 Å². The Bertz CT molecular complexity index is 613. The summed E-state index contributed by atoms with van der Waals surface area (Å²) in [6.07, 6.45) is 0. The molecule has 2 rings (SSSR count). The maximum absolute atomic E-state index is 12.1. The standard InChI is InChI=1S/C16H16BrNO2/c1-11-7-3-6-10-14(11)18-15(16(19)20-2)12-8-4-5-9-13(12)17/h3-10,15,18H,1-2H3. The van der Waals surface area contributed by atoms with Crippen molar-refractivity contribution in [3.63, 3.8) is 0 Å². The third-order valence-corrected chi connectivity index (χ3v) is 3.82. The van der Waals surface area contributed by atoms with Crippen molar-refractivity contribution in [2.75, 3.05) is 12.4 Å². The van der Waals surface area contributed by atoms with Crippen molar-refractivity contribution in [1.82, 2.24) is 0 Å². The van der Waals surface area contributed by atoms with E-state index < -0.39 is 6.04 Å². The number of ether oxygens (including phenoxy) is 1. The fourth-order valence-corrected chi connectivity index (χ4v) is 2.49. The van der Waals surface area contributed by atoms with Gasteiger partial charge in [-0.15, -0.1) is 0 Å². The molecule has 0 aliphatic heterocycles. The van der Waals surface area contributed by atoms with Gasteiger partial charge in [0.2, 0.25) is 0 Å². The molecule has 2 aromatic rings. The number of benzene rings is 2. The van der Waals surface area contributed by atoms with Gasteiger partial charge in [-0.3, -0.25) is 0 Å². The van der Waals surface area contributed by atoms with E-state index in [9.17, 15) is 4.79 Å². The van der Waals surface area contributed by atoms with E-state index in [4.69, 9.17) is 4.74 Å². The second kappa shape index (κ2) is 6.57. The summed E-state index contributed by atoms with van der Waals surface area (Å²) >= 11 is 3.48. The lowest BCUT2D eigenvalue weighted by molar-refractivity contribution is -0.141. The van der Waals surface area contributed by atoms with Crippen molar-refractivity contribution >= 4 is 27.6 Å². The molecule has 4 heteroatoms. The highest BCUT2D eigenvalue weighted by Crippen LogP contribution is 2.28. The summed E-state index contributed by atoms with van der Waals surface area (Å²) in [5.41, 5.74) is 2.84. The predicted molar refractivity (Wildman–Crippen MR) is 83.7 cm³/mol. The molecule has 1 unspecified atom stereocenters. The van der Waals surface area contributed by atoms with Crippen LogP contribution in [0.3, 0.4) is 0 Å². The van der Waals surface area contributed by atoms with Crippen molar-refractivity contribution in [2.24, 2.45) is 0 Å². The van der Waals surface area contributed by atoms with Gasteiger partial charge >= 0.3 is 5.97 Å². The molecule has 0 heterocycles. The van der Waals surface area contributed by atoms with Crippen LogP contribution in [0.2, 0.25) is 0 Å². The Morgan fingerprint density at radius 3 is 2.45 bits per heavy atom. The molecule has 1 atom stereocenters. The first-order valence-electron chi connectivity index (χ1n) is 6.28. The smallest absolute Gasteiger partial charge is 0.333 e. The fraction of sp³-hybridized carbons (Fsp3) is 0.188. The van der Waals surface area contributed by atoms with E-state index in [0.717, 1.165) is 21.3 Å². The summed E-state index contributed by atoms with van der Waals surface area (Å²) in [6, 6.07) is 14.9. The number of hydrogen-bond acceptors (Lipinski definition) is 3. The van der Waals surface area contributed by atoms with E-state index in [2.05, 4.69) is 21.2 Å². The van der Waals surface area contributed by atoms with Gasteiger partial charge in [-0.05, 0) is 30.2 Å². The first-order valence-corrected chi connectivity index (χ1v) is 7.07. The van der Waals surface area contributed by atoms with E-state index in [0.29, 0.717) is 0 Å². The zero-order valence-corrected chi connectivity index (χ0v) is 13.0. The first-order chi connectivity index (χ1) is 9.63. The number of aryl methyl sites for hydroxylation is 1. The molecule has 0 aromatic heterocycles. The molecule has 0 spiro atoms. The Morgan fingerprint density at radius 2 is 1.80 bits per heavy atom. The molecule has 0 bridgehead atoms. The predicted octanol–water partition coefficient (Wildman–Crippen LogP) is 4.08. The largest absolute Gasteiger partial charge is 0.467 e. The molecule has 3 nitrogen and oxygen atoms in total. The van der Waals surface area contributed by atoms with E-state index in [-0.39, 0.29) is 5.97 Å². The van der Waals surface area contributed by atoms with Crippen LogP contribution in [0.1, 0.15) is 17.2 Å². The number of carbonyl (C=O) groups is 1. The molecule has 0 amide bonds. The maximum Gasteiger partial charge on any atom is 0.333 e. The van der Waals surface area contributed by atoms with Crippen LogP contribution in [-0.4, -0.2) is 13.1 Å². The molecular formula is C16H16BrNO2. The molecular weight excluding hydrogens is 318 g/mol. The van der Waals surface area contributed by atoms with Crippen molar-refractivity contribution in [3.8, 4) is 0 Å². The molecule has 0 saturated carbocycles. The Labute approximate surface area is 127 Å². The molecule has 104 valence electrons. The third-order valence-electron chi connectivity index (χ3n) is 3.10. The van der Waals surface area contributed by atoms with E-state index in [1.807, 2.05) is 55.5 Å². The summed E-state index contributed by atoms with van der Waals surface area (Å²) in [5, 5.41) is 3.25. The van der Waals surface area contributed by atoms with Crippen molar-refractivity contribution < 1.29 is 9.53 Å². The van der Waals surface area contributed by atoms with Gasteiger partial charge in [-0.25, -0.2) is 4.79 Å². The molecule has 0 saturated heterocycles. The third kappa shape index (κ3) is 3.20. The van der Waals surface area contributed by atoms with Crippen LogP contribution in [-0.2, 0) is 9.53 Å². The lowest BCUT2D eigenvalue weighted by Crippen LogP contribution is -2.23. The summed E-state index contributed by atoms with van der Waals surface area (Å²) in [6.45, 7) is 2.00.